The Morgan fingerprint density at radius 1 is 1.10 bits per heavy atom. The van der Waals surface area contributed by atoms with Crippen LogP contribution in [0.3, 0.4) is 0 Å². The second kappa shape index (κ2) is 12.3. The molecule has 0 saturated carbocycles. The van der Waals surface area contributed by atoms with Crippen molar-refractivity contribution in [1.82, 2.24) is 9.55 Å². The fraction of sp³-hybridized carbons (Fsp3) is 0.308. The number of rotatable bonds is 10. The molecule has 13 heteroatoms. The zero-order chi connectivity index (χ0) is 28.7. The minimum Gasteiger partial charge on any atom is -0.392 e. The van der Waals surface area contributed by atoms with Crippen LogP contribution < -0.4 is 10.6 Å². The summed E-state index contributed by atoms with van der Waals surface area (Å²) in [5.74, 6) is 0.633. The Labute approximate surface area is 224 Å². The van der Waals surface area contributed by atoms with Crippen LogP contribution in [0.2, 0.25) is 0 Å². The van der Waals surface area contributed by atoms with E-state index in [4.69, 9.17) is 0 Å². The predicted molar refractivity (Wildman–Crippen MR) is 143 cm³/mol. The van der Waals surface area contributed by atoms with Crippen LogP contribution in [0.5, 0.6) is 0 Å². The van der Waals surface area contributed by atoms with Gasteiger partial charge in [0.05, 0.1) is 22.2 Å². The number of anilines is 2. The van der Waals surface area contributed by atoms with Crippen molar-refractivity contribution < 1.29 is 10.0 Å². The Morgan fingerprint density at radius 2 is 1.77 bits per heavy atom. The second-order valence-electron chi connectivity index (χ2n) is 8.76. The Morgan fingerprint density at radius 3 is 2.31 bits per heavy atom. The Bertz CT molecular complexity index is 1540. The van der Waals surface area contributed by atoms with Crippen LogP contribution >= 0.6 is 0 Å². The van der Waals surface area contributed by atoms with Gasteiger partial charge in [0.25, 0.3) is 5.69 Å². The summed E-state index contributed by atoms with van der Waals surface area (Å²) in [7, 11) is 0. The second-order valence-corrected chi connectivity index (χ2v) is 8.76. The van der Waals surface area contributed by atoms with Crippen molar-refractivity contribution in [2.24, 2.45) is 10.2 Å². The number of azo groups is 1. The van der Waals surface area contributed by atoms with Crippen LogP contribution in [0.4, 0.5) is 28.8 Å². The van der Waals surface area contributed by atoms with Gasteiger partial charge in [-0.1, -0.05) is 6.92 Å². The maximum atomic E-state index is 11.1. The summed E-state index contributed by atoms with van der Waals surface area (Å²) in [6.07, 6.45) is 1.48. The lowest BCUT2D eigenvalue weighted by Gasteiger charge is -2.18. The van der Waals surface area contributed by atoms with E-state index >= 15 is 0 Å². The first-order valence-corrected chi connectivity index (χ1v) is 12.0. The van der Waals surface area contributed by atoms with E-state index in [9.17, 15) is 31.0 Å². The van der Waals surface area contributed by atoms with E-state index in [2.05, 4.69) is 31.9 Å². The lowest BCUT2D eigenvalue weighted by molar-refractivity contribution is -0.384. The average Bonchev–Trinajstić information content (AvgIpc) is 3.28. The predicted octanol–water partition coefficient (Wildman–Crippen LogP) is 5.12. The number of pyridine rings is 1. The maximum absolute atomic E-state index is 11.1. The monoisotopic (exact) mass is 526 g/mol. The molecule has 0 spiro atoms. The molecule has 3 aromatic rings. The summed E-state index contributed by atoms with van der Waals surface area (Å²) >= 11 is 0. The van der Waals surface area contributed by atoms with E-state index in [1.807, 2.05) is 26.0 Å². The molecule has 0 amide bonds. The number of aliphatic hydroxyl groups is 1. The van der Waals surface area contributed by atoms with Crippen LogP contribution in [-0.2, 0) is 0 Å². The number of nitrogens with zero attached hydrogens (tertiary/aromatic N) is 8. The van der Waals surface area contributed by atoms with Gasteiger partial charge in [-0.25, -0.2) is 4.98 Å². The molecule has 0 radical (unpaired) electrons. The lowest BCUT2D eigenvalue weighted by Crippen LogP contribution is -2.19. The average molecular weight is 527 g/mol. The molecule has 2 atom stereocenters. The van der Waals surface area contributed by atoms with Crippen LogP contribution in [0, 0.1) is 51.0 Å². The van der Waals surface area contributed by atoms with E-state index in [-0.39, 0.29) is 52.3 Å². The van der Waals surface area contributed by atoms with Gasteiger partial charge in [0.2, 0.25) is 0 Å². The zero-order valence-corrected chi connectivity index (χ0v) is 21.8. The molecule has 0 bridgehead atoms. The fourth-order valence-corrected chi connectivity index (χ4v) is 3.58. The number of aliphatic hydroxyl groups excluding tert-OH is 1. The van der Waals surface area contributed by atoms with E-state index < -0.39 is 11.0 Å². The third-order valence-corrected chi connectivity index (χ3v) is 5.88. The van der Waals surface area contributed by atoms with Crippen molar-refractivity contribution in [3.05, 3.63) is 62.8 Å². The van der Waals surface area contributed by atoms with Crippen LogP contribution in [0.15, 0.2) is 40.7 Å². The van der Waals surface area contributed by atoms with Gasteiger partial charge in [-0.3, -0.25) is 14.7 Å². The van der Waals surface area contributed by atoms with E-state index in [0.29, 0.717) is 17.1 Å². The summed E-state index contributed by atoms with van der Waals surface area (Å²) in [6, 6.07) is 11.6. The van der Waals surface area contributed by atoms with E-state index in [0.717, 1.165) is 6.42 Å². The first-order valence-electron chi connectivity index (χ1n) is 12.0. The first-order chi connectivity index (χ1) is 18.6. The third-order valence-electron chi connectivity index (χ3n) is 5.88. The van der Waals surface area contributed by atoms with Crippen LogP contribution in [0.25, 0.3) is 5.69 Å². The molecule has 3 N–H and O–H groups in total. The molecule has 2 heterocycles. The molecule has 198 valence electrons. The van der Waals surface area contributed by atoms with Gasteiger partial charge in [0.15, 0.2) is 11.6 Å². The van der Waals surface area contributed by atoms with E-state index in [1.165, 1.54) is 35.0 Å². The van der Waals surface area contributed by atoms with Gasteiger partial charge >= 0.3 is 0 Å². The number of benzene rings is 1. The van der Waals surface area contributed by atoms with Crippen molar-refractivity contribution in [2.45, 2.75) is 46.3 Å². The van der Waals surface area contributed by atoms with Crippen molar-refractivity contribution in [1.29, 1.82) is 15.8 Å². The van der Waals surface area contributed by atoms with Crippen LogP contribution in [-0.4, -0.2) is 38.3 Å². The van der Waals surface area contributed by atoms with Gasteiger partial charge in [-0.15, -0.1) is 10.2 Å². The zero-order valence-electron chi connectivity index (χ0n) is 21.8. The summed E-state index contributed by atoms with van der Waals surface area (Å²) in [6.45, 7) is 7.38. The highest BCUT2D eigenvalue weighted by molar-refractivity contribution is 5.74. The largest absolute Gasteiger partial charge is 0.392 e. The number of hydrogen-bond donors (Lipinski definition) is 3. The molecule has 0 saturated heterocycles. The van der Waals surface area contributed by atoms with E-state index in [1.54, 1.807) is 13.8 Å². The minimum atomic E-state index is -0.707. The number of nitrogens with one attached hydrogen (secondary N) is 2. The first kappa shape index (κ1) is 28.3. The molecule has 0 aliphatic heterocycles. The van der Waals surface area contributed by atoms with Gasteiger partial charge in [0, 0.05) is 42.2 Å². The number of non-ortho nitro benzene ring substituents is 1. The topological polar surface area (TPSA) is 201 Å². The Kier molecular flexibility index (Phi) is 8.90. The van der Waals surface area contributed by atoms with Crippen LogP contribution in [0.1, 0.15) is 49.4 Å². The normalized spacial score (nSPS) is 12.3. The third kappa shape index (κ3) is 6.16. The molecule has 39 heavy (non-hydrogen) atoms. The molecule has 1 aromatic carbocycles. The van der Waals surface area contributed by atoms with Gasteiger partial charge in [0.1, 0.15) is 35.3 Å². The number of nitro benzene ring substituents is 1. The van der Waals surface area contributed by atoms with Crippen molar-refractivity contribution in [2.75, 3.05) is 17.2 Å². The van der Waals surface area contributed by atoms with Crippen molar-refractivity contribution in [3.8, 4) is 23.9 Å². The summed E-state index contributed by atoms with van der Waals surface area (Å²) in [5, 5.41) is 65.0. The molecule has 0 aliphatic carbocycles. The summed E-state index contributed by atoms with van der Waals surface area (Å²) in [5.41, 5.74) is 1.22. The maximum Gasteiger partial charge on any atom is 0.269 e. The lowest BCUT2D eigenvalue weighted by atomic mass is 10.1. The summed E-state index contributed by atoms with van der Waals surface area (Å²) in [4.78, 5) is 15.1. The molecule has 0 aliphatic rings. The number of nitro groups is 1. The quantitative estimate of drug-likeness (QED) is 0.182. The molecule has 0 fully saturated rings. The molecule has 2 unspecified atom stereocenters. The smallest absolute Gasteiger partial charge is 0.269 e. The standard InChI is InChI=1S/C26H26N10O3/c1-5-15(2)31-24-21(11-28)17(4)23(25(32-24)30-13-16(3)37)33-34-26-22(12-29)18(10-27)14-35(26)19-6-8-20(9-7-19)36(38)39/h6-9,14-16,37H,5,13H2,1-4H3,(H2,30,31,32). The Hall–Kier alpha value is -5.32. The van der Waals surface area contributed by atoms with Crippen molar-refractivity contribution >= 4 is 28.8 Å². The number of aromatic nitrogens is 2. The number of nitriles is 3. The molecular formula is C26H26N10O3. The number of hydrogen-bond acceptors (Lipinski definition) is 11. The highest BCUT2D eigenvalue weighted by Gasteiger charge is 2.21. The van der Waals surface area contributed by atoms with Gasteiger partial charge in [-0.05, 0) is 39.3 Å². The minimum absolute atomic E-state index is 0.0177. The Balaban J connectivity index is 2.21. The molecular weight excluding hydrogens is 500 g/mol. The van der Waals surface area contributed by atoms with Crippen molar-refractivity contribution in [3.63, 3.8) is 0 Å². The highest BCUT2D eigenvalue weighted by atomic mass is 16.6. The molecule has 13 nitrogen and oxygen atoms in total. The van der Waals surface area contributed by atoms with Gasteiger partial charge in [-0.2, -0.15) is 15.8 Å². The molecule has 3 rings (SSSR count). The van der Waals surface area contributed by atoms with Gasteiger partial charge < -0.3 is 15.7 Å². The fourth-order valence-electron chi connectivity index (χ4n) is 3.58. The summed E-state index contributed by atoms with van der Waals surface area (Å²) < 4.78 is 1.43. The SMILES string of the molecule is CCC(C)Nc1nc(NCC(C)O)c(N=Nc2c(C#N)c(C#N)cn2-c2ccc([N+](=O)[O-])cc2)c(C)c1C#N. The highest BCUT2D eigenvalue weighted by Crippen LogP contribution is 2.37. The molecule has 2 aromatic heterocycles.